The summed E-state index contributed by atoms with van der Waals surface area (Å²) in [6.45, 7) is 7.85. The highest BCUT2D eigenvalue weighted by Gasteiger charge is 2.22. The summed E-state index contributed by atoms with van der Waals surface area (Å²) in [5.41, 5.74) is 5.84. The molecule has 0 aromatic rings. The van der Waals surface area contributed by atoms with E-state index in [0.29, 0.717) is 18.0 Å². The Labute approximate surface area is 105 Å². The molecule has 1 aliphatic heterocycles. The van der Waals surface area contributed by atoms with Gasteiger partial charge < -0.3 is 11.1 Å². The van der Waals surface area contributed by atoms with Gasteiger partial charge in [-0.15, -0.1) is 0 Å². The average molecular weight is 238 g/mol. The van der Waals surface area contributed by atoms with Gasteiger partial charge in [-0.05, 0) is 45.1 Å². The van der Waals surface area contributed by atoms with Crippen LogP contribution in [0.3, 0.4) is 0 Å². The summed E-state index contributed by atoms with van der Waals surface area (Å²) < 4.78 is 0. The first-order valence-electron chi connectivity index (χ1n) is 6.95. The van der Waals surface area contributed by atoms with Crippen molar-refractivity contribution in [2.45, 2.75) is 51.6 Å². The Morgan fingerprint density at radius 3 is 2.88 bits per heavy atom. The molecule has 0 aromatic heterocycles. The summed E-state index contributed by atoms with van der Waals surface area (Å²) in [6, 6.07) is 1.11. The largest absolute Gasteiger partial charge is 0.370 e. The van der Waals surface area contributed by atoms with E-state index in [0.717, 1.165) is 12.5 Å². The maximum absolute atomic E-state index is 5.84. The first kappa shape index (κ1) is 12.7. The molecule has 4 heteroatoms. The van der Waals surface area contributed by atoms with Gasteiger partial charge in [0.1, 0.15) is 0 Å². The van der Waals surface area contributed by atoms with Crippen LogP contribution >= 0.6 is 0 Å². The molecule has 1 saturated heterocycles. The van der Waals surface area contributed by atoms with Crippen LogP contribution in [0.1, 0.15) is 39.5 Å². The van der Waals surface area contributed by atoms with E-state index in [-0.39, 0.29) is 0 Å². The van der Waals surface area contributed by atoms with Crippen LogP contribution < -0.4 is 11.1 Å². The molecule has 2 rings (SSSR count). The number of nitrogens with one attached hydrogen (secondary N) is 1. The molecule has 0 spiro atoms. The van der Waals surface area contributed by atoms with Crippen LogP contribution in [-0.2, 0) is 0 Å². The van der Waals surface area contributed by atoms with Crippen molar-refractivity contribution in [2.75, 3.05) is 19.6 Å². The first-order chi connectivity index (χ1) is 8.15. The van der Waals surface area contributed by atoms with E-state index in [1.54, 1.807) is 0 Å². The van der Waals surface area contributed by atoms with Gasteiger partial charge in [-0.3, -0.25) is 9.89 Å². The molecule has 98 valence electrons. The van der Waals surface area contributed by atoms with Crippen molar-refractivity contribution < 1.29 is 0 Å². The van der Waals surface area contributed by atoms with Crippen LogP contribution in [0.15, 0.2) is 4.99 Å². The highest BCUT2D eigenvalue weighted by molar-refractivity contribution is 5.78. The van der Waals surface area contributed by atoms with Crippen molar-refractivity contribution in [1.29, 1.82) is 0 Å². The second kappa shape index (κ2) is 5.71. The number of piperidine rings is 1. The van der Waals surface area contributed by atoms with E-state index in [9.17, 15) is 0 Å². The Morgan fingerprint density at radius 2 is 2.24 bits per heavy atom. The third-order valence-corrected chi connectivity index (χ3v) is 3.77. The van der Waals surface area contributed by atoms with E-state index in [4.69, 9.17) is 5.73 Å². The molecule has 3 N–H and O–H groups in total. The molecule has 1 saturated carbocycles. The molecule has 0 aromatic carbocycles. The summed E-state index contributed by atoms with van der Waals surface area (Å²) >= 11 is 0. The van der Waals surface area contributed by atoms with Crippen molar-refractivity contribution in [1.82, 2.24) is 10.2 Å². The van der Waals surface area contributed by atoms with Crippen LogP contribution in [0.25, 0.3) is 0 Å². The Bertz CT molecular complexity index is 273. The minimum Gasteiger partial charge on any atom is -0.370 e. The number of rotatable bonds is 4. The molecular formula is C13H26N4. The predicted octanol–water partition coefficient (Wildman–Crippen LogP) is 1.17. The summed E-state index contributed by atoms with van der Waals surface area (Å²) in [6.07, 6.45) is 5.19. The number of guanidine groups is 1. The maximum Gasteiger partial charge on any atom is 0.188 e. The van der Waals surface area contributed by atoms with Crippen molar-refractivity contribution >= 4 is 5.96 Å². The van der Waals surface area contributed by atoms with Crippen molar-refractivity contribution in [2.24, 2.45) is 16.6 Å². The zero-order valence-electron chi connectivity index (χ0n) is 11.2. The minimum atomic E-state index is 0.511. The number of nitrogens with two attached hydrogens (primary N) is 1. The average Bonchev–Trinajstić information content (AvgIpc) is 3.10. The third kappa shape index (κ3) is 4.19. The molecule has 0 amide bonds. The Balaban J connectivity index is 1.73. The molecule has 2 fully saturated rings. The summed E-state index contributed by atoms with van der Waals surface area (Å²) in [5, 5.41) is 3.23. The number of hydrogen-bond acceptors (Lipinski definition) is 2. The first-order valence-corrected chi connectivity index (χ1v) is 6.95. The van der Waals surface area contributed by atoms with Crippen molar-refractivity contribution in [3.05, 3.63) is 0 Å². The molecule has 4 nitrogen and oxygen atoms in total. The van der Waals surface area contributed by atoms with Crippen LogP contribution in [0.5, 0.6) is 0 Å². The lowest BCUT2D eigenvalue weighted by Gasteiger charge is -2.34. The molecule has 0 radical (unpaired) electrons. The molecule has 1 heterocycles. The van der Waals surface area contributed by atoms with Crippen LogP contribution in [0.2, 0.25) is 0 Å². The van der Waals surface area contributed by atoms with Crippen LogP contribution in [0, 0.1) is 5.92 Å². The van der Waals surface area contributed by atoms with Gasteiger partial charge in [-0.2, -0.15) is 0 Å². The molecule has 1 aliphatic carbocycles. The van der Waals surface area contributed by atoms with Gasteiger partial charge in [-0.1, -0.05) is 6.92 Å². The molecule has 2 atom stereocenters. The number of nitrogens with zero attached hydrogens (tertiary/aromatic N) is 2. The molecule has 0 unspecified atom stereocenters. The van der Waals surface area contributed by atoms with Gasteiger partial charge in [0.2, 0.25) is 0 Å². The Kier molecular flexibility index (Phi) is 4.26. The second-order valence-electron chi connectivity index (χ2n) is 5.74. The van der Waals surface area contributed by atoms with Gasteiger partial charge in [0.05, 0.1) is 6.54 Å². The fraction of sp³-hybridized carbons (Fsp3) is 0.923. The zero-order valence-corrected chi connectivity index (χ0v) is 11.2. The van der Waals surface area contributed by atoms with Crippen molar-refractivity contribution in [3.8, 4) is 0 Å². The monoisotopic (exact) mass is 238 g/mol. The van der Waals surface area contributed by atoms with Crippen molar-refractivity contribution in [3.63, 3.8) is 0 Å². The van der Waals surface area contributed by atoms with E-state index in [1.165, 1.54) is 38.8 Å². The number of hydrogen-bond donors (Lipinski definition) is 2. The van der Waals surface area contributed by atoms with Gasteiger partial charge in [0, 0.05) is 18.6 Å². The number of aliphatic imine (C=N–C) groups is 1. The predicted molar refractivity (Wildman–Crippen MR) is 72.1 cm³/mol. The fourth-order valence-corrected chi connectivity index (χ4v) is 2.45. The zero-order chi connectivity index (χ0) is 12.3. The SMILES string of the molecule is C[C@H]1CCCN([C@@H](C)CN=C(N)NC2CC2)C1. The van der Waals surface area contributed by atoms with Crippen LogP contribution in [-0.4, -0.2) is 42.6 Å². The molecule has 17 heavy (non-hydrogen) atoms. The topological polar surface area (TPSA) is 53.6 Å². The maximum atomic E-state index is 5.84. The van der Waals surface area contributed by atoms with E-state index < -0.39 is 0 Å². The summed E-state index contributed by atoms with van der Waals surface area (Å²) in [4.78, 5) is 6.99. The fourth-order valence-electron chi connectivity index (χ4n) is 2.45. The Hall–Kier alpha value is -0.770. The molecule has 0 bridgehead atoms. The third-order valence-electron chi connectivity index (χ3n) is 3.77. The quantitative estimate of drug-likeness (QED) is 0.571. The summed E-state index contributed by atoms with van der Waals surface area (Å²) in [5.74, 6) is 1.46. The van der Waals surface area contributed by atoms with Gasteiger partial charge in [0.25, 0.3) is 0 Å². The standard InChI is InChI=1S/C13H26N4/c1-10-4-3-7-17(9-10)11(2)8-15-13(14)16-12-5-6-12/h10-12H,3-9H2,1-2H3,(H3,14,15,16)/t10-,11-/m0/s1. The van der Waals surface area contributed by atoms with Gasteiger partial charge >= 0.3 is 0 Å². The van der Waals surface area contributed by atoms with Gasteiger partial charge in [0.15, 0.2) is 5.96 Å². The lowest BCUT2D eigenvalue weighted by atomic mass is 9.99. The lowest BCUT2D eigenvalue weighted by molar-refractivity contribution is 0.142. The van der Waals surface area contributed by atoms with E-state index in [1.807, 2.05) is 0 Å². The normalized spacial score (nSPS) is 29.1. The highest BCUT2D eigenvalue weighted by atomic mass is 15.2. The lowest BCUT2D eigenvalue weighted by Crippen LogP contribution is -2.43. The highest BCUT2D eigenvalue weighted by Crippen LogP contribution is 2.19. The van der Waals surface area contributed by atoms with E-state index in [2.05, 4.69) is 29.1 Å². The second-order valence-corrected chi connectivity index (χ2v) is 5.74. The van der Waals surface area contributed by atoms with E-state index >= 15 is 0 Å². The Morgan fingerprint density at radius 1 is 1.47 bits per heavy atom. The summed E-state index contributed by atoms with van der Waals surface area (Å²) in [7, 11) is 0. The van der Waals surface area contributed by atoms with Crippen LogP contribution in [0.4, 0.5) is 0 Å². The molecule has 2 aliphatic rings. The number of likely N-dealkylation sites (tertiary alicyclic amines) is 1. The minimum absolute atomic E-state index is 0.511. The van der Waals surface area contributed by atoms with Gasteiger partial charge in [-0.25, -0.2) is 0 Å². The molecular weight excluding hydrogens is 212 g/mol. The smallest absolute Gasteiger partial charge is 0.188 e.